The Morgan fingerprint density at radius 2 is 1.47 bits per heavy atom. The minimum atomic E-state index is -1.33. The second kappa shape index (κ2) is 9.47. The third-order valence-corrected chi connectivity index (χ3v) is 4.39. The predicted molar refractivity (Wildman–Crippen MR) is 108 cm³/mol. The number of primary amides is 1. The number of hydrogen-bond acceptors (Lipinski definition) is 4. The average molecular weight is 406 g/mol. The number of rotatable bonds is 7. The Bertz CT molecular complexity index is 1070. The molecule has 0 aliphatic rings. The summed E-state index contributed by atoms with van der Waals surface area (Å²) in [5, 5.41) is 2.38. The lowest BCUT2D eigenvalue weighted by molar-refractivity contribution is -0.120. The molecule has 3 rings (SSSR count). The number of nitrogens with two attached hydrogens (primary N) is 1. The third-order valence-electron chi connectivity index (χ3n) is 4.39. The molecule has 7 heteroatoms. The normalized spacial score (nSPS) is 11.4. The number of carbonyl (C=O) groups is 3. The van der Waals surface area contributed by atoms with Gasteiger partial charge in [-0.15, -0.1) is 0 Å². The van der Waals surface area contributed by atoms with Crippen molar-refractivity contribution in [2.24, 2.45) is 5.73 Å². The first-order chi connectivity index (χ1) is 14.5. The fourth-order valence-electron chi connectivity index (χ4n) is 2.93. The van der Waals surface area contributed by atoms with Crippen LogP contribution in [0.25, 0.3) is 0 Å². The quantitative estimate of drug-likeness (QED) is 0.587. The van der Waals surface area contributed by atoms with E-state index in [1.165, 1.54) is 36.4 Å². The molecule has 6 nitrogen and oxygen atoms in total. The van der Waals surface area contributed by atoms with Crippen molar-refractivity contribution in [3.8, 4) is 0 Å². The molecule has 0 saturated carbocycles. The van der Waals surface area contributed by atoms with E-state index in [-0.39, 0.29) is 23.3 Å². The summed E-state index contributed by atoms with van der Waals surface area (Å²) >= 11 is 0. The van der Waals surface area contributed by atoms with Gasteiger partial charge in [0.15, 0.2) is 5.78 Å². The lowest BCUT2D eigenvalue weighted by Crippen LogP contribution is -2.38. The van der Waals surface area contributed by atoms with Crippen LogP contribution in [0.4, 0.5) is 9.18 Å². The fraction of sp³-hybridized carbons (Fsp3) is 0.0870. The number of ketones is 1. The maximum atomic E-state index is 14.1. The summed E-state index contributed by atoms with van der Waals surface area (Å²) in [6.07, 6.45) is -0.879. The molecule has 0 radical (unpaired) electrons. The van der Waals surface area contributed by atoms with Crippen LogP contribution in [-0.4, -0.2) is 17.8 Å². The van der Waals surface area contributed by atoms with Crippen molar-refractivity contribution >= 4 is 17.8 Å². The number of nitrogens with one attached hydrogen (secondary N) is 1. The first kappa shape index (κ1) is 20.7. The van der Waals surface area contributed by atoms with Crippen molar-refractivity contribution in [2.45, 2.75) is 12.6 Å². The molecule has 3 aromatic carbocycles. The van der Waals surface area contributed by atoms with Gasteiger partial charge in [-0.3, -0.25) is 9.59 Å². The Kier molecular flexibility index (Phi) is 6.54. The molecule has 3 N–H and O–H groups in total. The second-order valence-corrected chi connectivity index (χ2v) is 6.44. The minimum Gasteiger partial charge on any atom is -0.445 e. The van der Waals surface area contributed by atoms with Gasteiger partial charge in [0.05, 0.1) is 5.56 Å². The van der Waals surface area contributed by atoms with Crippen LogP contribution >= 0.6 is 0 Å². The van der Waals surface area contributed by atoms with Crippen LogP contribution in [0.1, 0.15) is 33.1 Å². The Morgan fingerprint density at radius 1 is 0.867 bits per heavy atom. The second-order valence-electron chi connectivity index (χ2n) is 6.44. The fourth-order valence-corrected chi connectivity index (χ4v) is 2.93. The van der Waals surface area contributed by atoms with Gasteiger partial charge in [0.25, 0.3) is 0 Å². The number of hydrogen-bond donors (Lipinski definition) is 2. The molecule has 1 atom stereocenters. The molecule has 0 saturated heterocycles. The molecular weight excluding hydrogens is 387 g/mol. The van der Waals surface area contributed by atoms with E-state index in [9.17, 15) is 18.8 Å². The summed E-state index contributed by atoms with van der Waals surface area (Å²) in [5.41, 5.74) is 6.28. The highest BCUT2D eigenvalue weighted by atomic mass is 19.1. The molecule has 0 aliphatic heterocycles. The molecule has 1 unspecified atom stereocenters. The highest BCUT2D eigenvalue weighted by molar-refractivity contribution is 6.11. The maximum Gasteiger partial charge on any atom is 0.408 e. The van der Waals surface area contributed by atoms with Crippen LogP contribution in [0, 0.1) is 5.82 Å². The molecule has 0 bridgehead atoms. The molecule has 0 fully saturated rings. The van der Waals surface area contributed by atoms with Crippen molar-refractivity contribution in [3.63, 3.8) is 0 Å². The number of amides is 2. The van der Waals surface area contributed by atoms with Crippen LogP contribution < -0.4 is 11.1 Å². The van der Waals surface area contributed by atoms with Crippen LogP contribution in [0.5, 0.6) is 0 Å². The maximum absolute atomic E-state index is 14.1. The topological polar surface area (TPSA) is 98.5 Å². The lowest BCUT2D eigenvalue weighted by atomic mass is 9.93. The van der Waals surface area contributed by atoms with E-state index in [2.05, 4.69) is 5.32 Å². The van der Waals surface area contributed by atoms with Gasteiger partial charge < -0.3 is 15.8 Å². The Morgan fingerprint density at radius 3 is 2.13 bits per heavy atom. The Labute approximate surface area is 172 Å². The van der Waals surface area contributed by atoms with Crippen LogP contribution in [0.15, 0.2) is 78.9 Å². The van der Waals surface area contributed by atoms with Crippen LogP contribution in [0.2, 0.25) is 0 Å². The van der Waals surface area contributed by atoms with Crippen molar-refractivity contribution in [2.75, 3.05) is 0 Å². The highest BCUT2D eigenvalue weighted by Gasteiger charge is 2.27. The van der Waals surface area contributed by atoms with Crippen LogP contribution in [-0.2, 0) is 16.1 Å². The number of halogens is 1. The van der Waals surface area contributed by atoms with Gasteiger partial charge in [0.1, 0.15) is 18.5 Å². The zero-order valence-corrected chi connectivity index (χ0v) is 15.9. The minimum absolute atomic E-state index is 0.00599. The molecule has 0 spiro atoms. The molecule has 0 heterocycles. The third kappa shape index (κ3) is 4.88. The predicted octanol–water partition coefficient (Wildman–Crippen LogP) is 3.51. The zero-order valence-electron chi connectivity index (χ0n) is 15.9. The standard InChI is InChI=1S/C23H19FN2O4/c24-19-13-7-6-12-18(19)21(27)17-11-5-4-10-16(17)20(22(25)28)26-23(29)30-14-15-8-2-1-3-9-15/h1-13,20H,14H2,(H2,25,28)(H,26,29). The smallest absolute Gasteiger partial charge is 0.408 e. The summed E-state index contributed by atoms with van der Waals surface area (Å²) in [6.45, 7) is -0.00599. The van der Waals surface area contributed by atoms with Gasteiger partial charge in [0.2, 0.25) is 5.91 Å². The molecule has 152 valence electrons. The largest absolute Gasteiger partial charge is 0.445 e. The monoisotopic (exact) mass is 406 g/mol. The van der Waals surface area contributed by atoms with Crippen molar-refractivity contribution < 1.29 is 23.5 Å². The summed E-state index contributed by atoms with van der Waals surface area (Å²) in [4.78, 5) is 37.2. The van der Waals surface area contributed by atoms with Gasteiger partial charge in [-0.25, -0.2) is 9.18 Å². The molecule has 2 amide bonds. The van der Waals surface area contributed by atoms with E-state index >= 15 is 0 Å². The molecule has 30 heavy (non-hydrogen) atoms. The molecular formula is C23H19FN2O4. The van der Waals surface area contributed by atoms with E-state index in [1.807, 2.05) is 6.07 Å². The van der Waals surface area contributed by atoms with Gasteiger partial charge in [0, 0.05) is 5.56 Å². The average Bonchev–Trinajstić information content (AvgIpc) is 2.76. The summed E-state index contributed by atoms with van der Waals surface area (Å²) in [6, 6.07) is 19.2. The zero-order chi connectivity index (χ0) is 21.5. The first-order valence-electron chi connectivity index (χ1n) is 9.12. The number of carbonyl (C=O) groups excluding carboxylic acids is 3. The number of alkyl carbamates (subject to hydrolysis) is 1. The molecule has 0 aromatic heterocycles. The van der Waals surface area contributed by atoms with E-state index in [0.29, 0.717) is 0 Å². The summed E-state index contributed by atoms with van der Waals surface area (Å²) in [5.74, 6) is -2.21. The van der Waals surface area contributed by atoms with E-state index < -0.39 is 29.6 Å². The highest BCUT2D eigenvalue weighted by Crippen LogP contribution is 2.22. The number of benzene rings is 3. The molecule has 0 aliphatic carbocycles. The van der Waals surface area contributed by atoms with Gasteiger partial charge >= 0.3 is 6.09 Å². The summed E-state index contributed by atoms with van der Waals surface area (Å²) in [7, 11) is 0. The van der Waals surface area contributed by atoms with Crippen molar-refractivity contribution in [1.29, 1.82) is 0 Å². The number of ether oxygens (including phenoxy) is 1. The van der Waals surface area contributed by atoms with Gasteiger partial charge in [-0.2, -0.15) is 0 Å². The first-order valence-corrected chi connectivity index (χ1v) is 9.12. The SMILES string of the molecule is NC(=O)C(NC(=O)OCc1ccccc1)c1ccccc1C(=O)c1ccccc1F. The van der Waals surface area contributed by atoms with E-state index in [4.69, 9.17) is 10.5 Å². The van der Waals surface area contributed by atoms with E-state index in [1.54, 1.807) is 36.4 Å². The van der Waals surface area contributed by atoms with Crippen molar-refractivity contribution in [3.05, 3.63) is 107 Å². The Hall–Kier alpha value is -4.00. The lowest BCUT2D eigenvalue weighted by Gasteiger charge is -2.19. The van der Waals surface area contributed by atoms with E-state index in [0.717, 1.165) is 5.56 Å². The van der Waals surface area contributed by atoms with Crippen molar-refractivity contribution in [1.82, 2.24) is 5.32 Å². The van der Waals surface area contributed by atoms with Crippen LogP contribution in [0.3, 0.4) is 0 Å². The Balaban J connectivity index is 1.83. The molecule has 3 aromatic rings. The van der Waals surface area contributed by atoms with Gasteiger partial charge in [-0.05, 0) is 23.3 Å². The van der Waals surface area contributed by atoms with Gasteiger partial charge in [-0.1, -0.05) is 66.7 Å². The summed E-state index contributed by atoms with van der Waals surface area (Å²) < 4.78 is 19.2.